The number of nitrogens with zero attached hydrogens (tertiary/aromatic N) is 2. The van der Waals surface area contributed by atoms with Crippen LogP contribution < -0.4 is 11.5 Å². The van der Waals surface area contributed by atoms with Crippen molar-refractivity contribution >= 4 is 29.9 Å². The number of nitrogens with two attached hydrogens (primary N) is 2. The van der Waals surface area contributed by atoms with Gasteiger partial charge in [0.2, 0.25) is 0 Å². The minimum Gasteiger partial charge on any atom is -0.370 e. The Morgan fingerprint density at radius 3 is 2.31 bits per heavy atom. The average Bonchev–Trinajstić information content (AvgIpc) is 2.10. The third-order valence-corrected chi connectivity index (χ3v) is 2.87. The van der Waals surface area contributed by atoms with Gasteiger partial charge in [-0.3, -0.25) is 4.99 Å². The molecule has 2 unspecified atom stereocenters. The standard InChI is InChI=1S/C11H24N4.HI/c1-9-6-10(2)8-15(7-9)5-3-4-14-11(12)13;/h9-10H,3-8H2,1-2H3,(H4,12,13,14);1H. The minimum atomic E-state index is 0. The smallest absolute Gasteiger partial charge is 0.185 e. The van der Waals surface area contributed by atoms with Crippen LogP contribution in [0.3, 0.4) is 0 Å². The summed E-state index contributed by atoms with van der Waals surface area (Å²) in [6.07, 6.45) is 2.42. The molecule has 0 aliphatic carbocycles. The number of likely N-dealkylation sites (tertiary alicyclic amines) is 1. The van der Waals surface area contributed by atoms with Crippen LogP contribution in [-0.2, 0) is 0 Å². The van der Waals surface area contributed by atoms with Crippen LogP contribution >= 0.6 is 24.0 Å². The van der Waals surface area contributed by atoms with E-state index in [0.29, 0.717) is 0 Å². The maximum absolute atomic E-state index is 5.27. The van der Waals surface area contributed by atoms with Crippen molar-refractivity contribution in [2.45, 2.75) is 26.7 Å². The van der Waals surface area contributed by atoms with Crippen molar-refractivity contribution < 1.29 is 0 Å². The van der Waals surface area contributed by atoms with Crippen LogP contribution in [0.2, 0.25) is 0 Å². The highest BCUT2D eigenvalue weighted by Crippen LogP contribution is 2.20. The van der Waals surface area contributed by atoms with Gasteiger partial charge < -0.3 is 16.4 Å². The average molecular weight is 340 g/mol. The Labute approximate surface area is 116 Å². The maximum Gasteiger partial charge on any atom is 0.185 e. The van der Waals surface area contributed by atoms with Crippen LogP contribution in [0.5, 0.6) is 0 Å². The molecular weight excluding hydrogens is 315 g/mol. The van der Waals surface area contributed by atoms with Crippen LogP contribution in [-0.4, -0.2) is 37.0 Å². The summed E-state index contributed by atoms with van der Waals surface area (Å²) >= 11 is 0. The highest BCUT2D eigenvalue weighted by molar-refractivity contribution is 14.0. The number of hydrogen-bond donors (Lipinski definition) is 2. The van der Waals surface area contributed by atoms with Crippen LogP contribution in [0.4, 0.5) is 0 Å². The first-order valence-corrected chi connectivity index (χ1v) is 5.85. The number of hydrogen-bond acceptors (Lipinski definition) is 2. The van der Waals surface area contributed by atoms with E-state index in [-0.39, 0.29) is 29.9 Å². The Balaban J connectivity index is 0.00000225. The van der Waals surface area contributed by atoms with E-state index in [1.807, 2.05) is 0 Å². The topological polar surface area (TPSA) is 67.6 Å². The highest BCUT2D eigenvalue weighted by Gasteiger charge is 2.20. The van der Waals surface area contributed by atoms with Gasteiger partial charge in [0, 0.05) is 19.6 Å². The molecule has 1 rings (SSSR count). The molecule has 2 atom stereocenters. The predicted molar refractivity (Wildman–Crippen MR) is 80.1 cm³/mol. The fourth-order valence-corrected chi connectivity index (χ4v) is 2.48. The Kier molecular flexibility index (Phi) is 8.09. The van der Waals surface area contributed by atoms with E-state index >= 15 is 0 Å². The largest absolute Gasteiger partial charge is 0.370 e. The summed E-state index contributed by atoms with van der Waals surface area (Å²) in [5.41, 5.74) is 10.5. The van der Waals surface area contributed by atoms with Gasteiger partial charge in [-0.1, -0.05) is 13.8 Å². The molecule has 96 valence electrons. The van der Waals surface area contributed by atoms with Gasteiger partial charge in [-0.2, -0.15) is 0 Å². The van der Waals surface area contributed by atoms with E-state index in [0.717, 1.165) is 31.3 Å². The van der Waals surface area contributed by atoms with E-state index in [2.05, 4.69) is 23.7 Å². The molecule has 0 bridgehead atoms. The lowest BCUT2D eigenvalue weighted by atomic mass is 9.92. The van der Waals surface area contributed by atoms with Crippen LogP contribution in [0.25, 0.3) is 0 Å². The first-order chi connectivity index (χ1) is 7.08. The van der Waals surface area contributed by atoms with Crippen LogP contribution in [0.1, 0.15) is 26.7 Å². The summed E-state index contributed by atoms with van der Waals surface area (Å²) in [4.78, 5) is 6.52. The summed E-state index contributed by atoms with van der Waals surface area (Å²) in [6.45, 7) is 8.99. The van der Waals surface area contributed by atoms with Crippen molar-refractivity contribution in [1.29, 1.82) is 0 Å². The number of piperidine rings is 1. The van der Waals surface area contributed by atoms with Crippen molar-refractivity contribution in [3.05, 3.63) is 0 Å². The van der Waals surface area contributed by atoms with Crippen LogP contribution in [0.15, 0.2) is 4.99 Å². The second-order valence-electron chi connectivity index (χ2n) is 4.87. The van der Waals surface area contributed by atoms with Crippen LogP contribution in [0, 0.1) is 11.8 Å². The van der Waals surface area contributed by atoms with Crippen molar-refractivity contribution in [3.63, 3.8) is 0 Å². The van der Waals surface area contributed by atoms with Gasteiger partial charge in [-0.25, -0.2) is 0 Å². The van der Waals surface area contributed by atoms with Gasteiger partial charge in [0.15, 0.2) is 5.96 Å². The third-order valence-electron chi connectivity index (χ3n) is 2.87. The van der Waals surface area contributed by atoms with Gasteiger partial charge >= 0.3 is 0 Å². The van der Waals surface area contributed by atoms with E-state index in [1.165, 1.54) is 19.5 Å². The number of halogens is 1. The summed E-state index contributed by atoms with van der Waals surface area (Å²) in [6, 6.07) is 0. The summed E-state index contributed by atoms with van der Waals surface area (Å²) in [7, 11) is 0. The molecule has 0 radical (unpaired) electrons. The Bertz CT molecular complexity index is 206. The molecular formula is C11H25IN4. The molecule has 4 nitrogen and oxygen atoms in total. The highest BCUT2D eigenvalue weighted by atomic mass is 127. The summed E-state index contributed by atoms with van der Waals surface area (Å²) in [5, 5.41) is 0. The first kappa shape index (κ1) is 16.0. The van der Waals surface area contributed by atoms with E-state index in [1.54, 1.807) is 0 Å². The maximum atomic E-state index is 5.27. The van der Waals surface area contributed by atoms with Gasteiger partial charge in [-0.05, 0) is 31.2 Å². The normalized spacial score (nSPS) is 25.9. The van der Waals surface area contributed by atoms with Gasteiger partial charge in [0.05, 0.1) is 0 Å². The lowest BCUT2D eigenvalue weighted by Gasteiger charge is -2.34. The summed E-state index contributed by atoms with van der Waals surface area (Å²) < 4.78 is 0. The van der Waals surface area contributed by atoms with Gasteiger partial charge in [0.25, 0.3) is 0 Å². The molecule has 1 heterocycles. The first-order valence-electron chi connectivity index (χ1n) is 5.85. The molecule has 1 saturated heterocycles. The molecule has 0 aromatic heterocycles. The molecule has 16 heavy (non-hydrogen) atoms. The Morgan fingerprint density at radius 1 is 1.25 bits per heavy atom. The molecule has 0 aromatic carbocycles. The zero-order valence-electron chi connectivity index (χ0n) is 10.4. The SMILES string of the molecule is CC1CC(C)CN(CCCN=C(N)N)C1.I. The Hall–Kier alpha value is -0.0400. The Morgan fingerprint density at radius 2 is 1.81 bits per heavy atom. The van der Waals surface area contributed by atoms with Crippen molar-refractivity contribution in [3.8, 4) is 0 Å². The van der Waals surface area contributed by atoms with E-state index in [4.69, 9.17) is 11.5 Å². The number of rotatable bonds is 4. The van der Waals surface area contributed by atoms with Crippen molar-refractivity contribution in [2.24, 2.45) is 28.3 Å². The molecule has 0 spiro atoms. The quantitative estimate of drug-likeness (QED) is 0.350. The second-order valence-corrected chi connectivity index (χ2v) is 4.87. The lowest BCUT2D eigenvalue weighted by molar-refractivity contribution is 0.140. The van der Waals surface area contributed by atoms with E-state index in [9.17, 15) is 0 Å². The van der Waals surface area contributed by atoms with Gasteiger partial charge in [-0.15, -0.1) is 24.0 Å². The molecule has 0 aromatic rings. The minimum absolute atomic E-state index is 0. The molecule has 0 saturated carbocycles. The van der Waals surface area contributed by atoms with Gasteiger partial charge in [0.1, 0.15) is 0 Å². The molecule has 1 aliphatic heterocycles. The number of aliphatic imine (C=N–C) groups is 1. The fourth-order valence-electron chi connectivity index (χ4n) is 2.48. The molecule has 1 fully saturated rings. The predicted octanol–water partition coefficient (Wildman–Crippen LogP) is 1.25. The van der Waals surface area contributed by atoms with E-state index < -0.39 is 0 Å². The summed E-state index contributed by atoms with van der Waals surface area (Å²) in [5.74, 6) is 1.86. The monoisotopic (exact) mass is 340 g/mol. The molecule has 0 amide bonds. The van der Waals surface area contributed by atoms with Crippen molar-refractivity contribution in [1.82, 2.24) is 4.90 Å². The van der Waals surface area contributed by atoms with Crippen molar-refractivity contribution in [2.75, 3.05) is 26.2 Å². The molecule has 4 N–H and O–H groups in total. The molecule has 1 aliphatic rings. The third kappa shape index (κ3) is 6.52. The zero-order valence-corrected chi connectivity index (χ0v) is 12.7. The second kappa shape index (κ2) is 8.11. The number of guanidine groups is 1. The lowest BCUT2D eigenvalue weighted by Crippen LogP contribution is -2.39. The fraction of sp³-hybridized carbons (Fsp3) is 0.909. The zero-order chi connectivity index (χ0) is 11.3. The molecule has 5 heteroatoms.